The van der Waals surface area contributed by atoms with E-state index < -0.39 is 0 Å². The Morgan fingerprint density at radius 1 is 1.21 bits per heavy atom. The summed E-state index contributed by atoms with van der Waals surface area (Å²) in [5.41, 5.74) is 1.43. The fourth-order valence-electron chi connectivity index (χ4n) is 2.65. The number of nitriles is 1. The summed E-state index contributed by atoms with van der Waals surface area (Å²) in [6.45, 7) is 9.01. The number of rotatable bonds is 5. The Hall–Kier alpha value is -1.49. The molecular formula is C17H26N2. The third-order valence-corrected chi connectivity index (χ3v) is 3.37. The van der Waals surface area contributed by atoms with Crippen molar-refractivity contribution in [3.05, 3.63) is 30.3 Å². The molecule has 0 radical (unpaired) electrons. The van der Waals surface area contributed by atoms with Crippen molar-refractivity contribution in [2.24, 2.45) is 11.3 Å². The molecule has 0 heterocycles. The van der Waals surface area contributed by atoms with Gasteiger partial charge in [0.1, 0.15) is 6.04 Å². The van der Waals surface area contributed by atoms with Gasteiger partial charge in [0.2, 0.25) is 0 Å². The molecular weight excluding hydrogens is 232 g/mol. The predicted octanol–water partition coefficient (Wildman–Crippen LogP) is 4.48. The molecule has 1 aromatic rings. The maximum absolute atomic E-state index is 9.41. The van der Waals surface area contributed by atoms with Gasteiger partial charge in [0.15, 0.2) is 0 Å². The zero-order chi connectivity index (χ0) is 14.5. The summed E-state index contributed by atoms with van der Waals surface area (Å²) in [5.74, 6) is 0.552. The van der Waals surface area contributed by atoms with Crippen LogP contribution < -0.4 is 4.90 Å². The quantitative estimate of drug-likeness (QED) is 0.778. The van der Waals surface area contributed by atoms with Crippen LogP contribution >= 0.6 is 0 Å². The Balaban J connectivity index is 2.67. The molecule has 19 heavy (non-hydrogen) atoms. The molecule has 2 heteroatoms. The summed E-state index contributed by atoms with van der Waals surface area (Å²) in [5, 5.41) is 9.41. The van der Waals surface area contributed by atoms with Crippen LogP contribution in [0.15, 0.2) is 30.3 Å². The van der Waals surface area contributed by atoms with Crippen LogP contribution in [0, 0.1) is 22.7 Å². The molecule has 0 N–H and O–H groups in total. The van der Waals surface area contributed by atoms with Crippen molar-refractivity contribution in [2.45, 2.75) is 46.6 Å². The van der Waals surface area contributed by atoms with Crippen molar-refractivity contribution in [1.29, 1.82) is 5.26 Å². The van der Waals surface area contributed by atoms with Gasteiger partial charge in [-0.2, -0.15) is 5.26 Å². The van der Waals surface area contributed by atoms with Gasteiger partial charge in [0, 0.05) is 12.7 Å². The smallest absolute Gasteiger partial charge is 0.116 e. The van der Waals surface area contributed by atoms with Crippen molar-refractivity contribution < 1.29 is 0 Å². The first kappa shape index (κ1) is 15.6. The predicted molar refractivity (Wildman–Crippen MR) is 82.1 cm³/mol. The van der Waals surface area contributed by atoms with Crippen molar-refractivity contribution in [1.82, 2.24) is 0 Å². The molecule has 1 aromatic carbocycles. The maximum atomic E-state index is 9.41. The van der Waals surface area contributed by atoms with E-state index in [-0.39, 0.29) is 6.04 Å². The van der Waals surface area contributed by atoms with E-state index in [0.717, 1.165) is 18.5 Å². The summed E-state index contributed by atoms with van der Waals surface area (Å²) in [6.07, 6.45) is 2.06. The average Bonchev–Trinajstić information content (AvgIpc) is 2.34. The molecule has 0 spiro atoms. The monoisotopic (exact) mass is 258 g/mol. The van der Waals surface area contributed by atoms with E-state index in [1.807, 2.05) is 25.2 Å². The third-order valence-electron chi connectivity index (χ3n) is 3.37. The van der Waals surface area contributed by atoms with Crippen molar-refractivity contribution in [2.75, 3.05) is 11.9 Å². The molecule has 0 bridgehead atoms. The second kappa shape index (κ2) is 6.61. The van der Waals surface area contributed by atoms with Crippen LogP contribution in [0.5, 0.6) is 0 Å². The highest BCUT2D eigenvalue weighted by atomic mass is 15.1. The van der Waals surface area contributed by atoms with Crippen molar-refractivity contribution >= 4 is 5.69 Å². The third kappa shape index (κ3) is 5.34. The van der Waals surface area contributed by atoms with Gasteiger partial charge in [0.05, 0.1) is 6.07 Å². The number of benzene rings is 1. The molecule has 0 aliphatic rings. The number of anilines is 1. The van der Waals surface area contributed by atoms with E-state index in [0.29, 0.717) is 11.3 Å². The Morgan fingerprint density at radius 3 is 2.26 bits per heavy atom. The average molecular weight is 258 g/mol. The number of hydrogen-bond donors (Lipinski definition) is 0. The van der Waals surface area contributed by atoms with E-state index in [2.05, 4.69) is 50.8 Å². The summed E-state index contributed by atoms with van der Waals surface area (Å²) in [4.78, 5) is 2.08. The van der Waals surface area contributed by atoms with Crippen molar-refractivity contribution in [3.8, 4) is 6.07 Å². The van der Waals surface area contributed by atoms with Gasteiger partial charge in [-0.05, 0) is 36.3 Å². The molecule has 104 valence electrons. The van der Waals surface area contributed by atoms with Gasteiger partial charge in [-0.1, -0.05) is 45.9 Å². The van der Waals surface area contributed by atoms with Gasteiger partial charge in [-0.3, -0.25) is 0 Å². The van der Waals surface area contributed by atoms with Gasteiger partial charge >= 0.3 is 0 Å². The number of nitrogens with zero attached hydrogens (tertiary/aromatic N) is 2. The highest BCUT2D eigenvalue weighted by Gasteiger charge is 2.21. The molecule has 0 aliphatic carbocycles. The second-order valence-corrected chi connectivity index (χ2v) is 6.70. The lowest BCUT2D eigenvalue weighted by molar-refractivity contribution is 0.292. The minimum absolute atomic E-state index is 0.0558. The lowest BCUT2D eigenvalue weighted by atomic mass is 9.83. The second-order valence-electron chi connectivity index (χ2n) is 6.70. The molecule has 0 aliphatic heterocycles. The first-order chi connectivity index (χ1) is 8.83. The highest BCUT2D eigenvalue weighted by molar-refractivity contribution is 5.47. The minimum Gasteiger partial charge on any atom is -0.359 e. The van der Waals surface area contributed by atoms with E-state index >= 15 is 0 Å². The molecule has 0 aromatic heterocycles. The number of hydrogen-bond acceptors (Lipinski definition) is 2. The lowest BCUT2D eigenvalue weighted by Crippen LogP contribution is -2.32. The Bertz CT molecular complexity index is 411. The largest absolute Gasteiger partial charge is 0.359 e. The van der Waals surface area contributed by atoms with Crippen LogP contribution in [0.2, 0.25) is 0 Å². The minimum atomic E-state index is -0.0558. The van der Waals surface area contributed by atoms with E-state index in [9.17, 15) is 5.26 Å². The molecule has 0 saturated carbocycles. The standard InChI is InChI=1S/C17H26N2/c1-14(12-17(2,3)4)11-16(13-18)19(5)15-9-7-6-8-10-15/h6-10,14,16H,11-12H2,1-5H3/t14-,16+/m1/s1. The first-order valence-corrected chi connectivity index (χ1v) is 7.01. The van der Waals surface area contributed by atoms with Gasteiger partial charge in [-0.25, -0.2) is 0 Å². The van der Waals surface area contributed by atoms with Crippen LogP contribution in [-0.4, -0.2) is 13.1 Å². The molecule has 2 nitrogen and oxygen atoms in total. The molecule has 0 fully saturated rings. The zero-order valence-corrected chi connectivity index (χ0v) is 12.9. The van der Waals surface area contributed by atoms with Crippen LogP contribution in [0.4, 0.5) is 5.69 Å². The summed E-state index contributed by atoms with van der Waals surface area (Å²) >= 11 is 0. The molecule has 0 saturated heterocycles. The molecule has 1 rings (SSSR count). The van der Waals surface area contributed by atoms with Gasteiger partial charge in [0.25, 0.3) is 0 Å². The first-order valence-electron chi connectivity index (χ1n) is 7.01. The van der Waals surface area contributed by atoms with E-state index in [1.165, 1.54) is 0 Å². The van der Waals surface area contributed by atoms with Crippen LogP contribution in [0.25, 0.3) is 0 Å². The topological polar surface area (TPSA) is 27.0 Å². The fourth-order valence-corrected chi connectivity index (χ4v) is 2.65. The molecule has 0 amide bonds. The lowest BCUT2D eigenvalue weighted by Gasteiger charge is -2.29. The maximum Gasteiger partial charge on any atom is 0.116 e. The van der Waals surface area contributed by atoms with Crippen LogP contribution in [0.1, 0.15) is 40.5 Å². The van der Waals surface area contributed by atoms with E-state index in [4.69, 9.17) is 0 Å². The van der Waals surface area contributed by atoms with E-state index in [1.54, 1.807) is 0 Å². The highest BCUT2D eigenvalue weighted by Crippen LogP contribution is 2.28. The SMILES string of the molecule is C[C@H](C[C@@H](C#N)N(C)c1ccccc1)CC(C)(C)C. The van der Waals surface area contributed by atoms with Crippen LogP contribution in [0.3, 0.4) is 0 Å². The normalized spacial score (nSPS) is 14.5. The van der Waals surface area contributed by atoms with Crippen molar-refractivity contribution in [3.63, 3.8) is 0 Å². The summed E-state index contributed by atoms with van der Waals surface area (Å²) in [7, 11) is 2.01. The van der Waals surface area contributed by atoms with Gasteiger partial charge in [-0.15, -0.1) is 0 Å². The molecule has 0 unspecified atom stereocenters. The van der Waals surface area contributed by atoms with Crippen LogP contribution in [-0.2, 0) is 0 Å². The Morgan fingerprint density at radius 2 is 1.79 bits per heavy atom. The molecule has 2 atom stereocenters. The fraction of sp³-hybridized carbons (Fsp3) is 0.588. The number of para-hydroxylation sites is 1. The summed E-state index contributed by atoms with van der Waals surface area (Å²) in [6, 6.07) is 12.5. The Labute approximate surface area is 118 Å². The Kier molecular flexibility index (Phi) is 5.42. The van der Waals surface area contributed by atoms with Gasteiger partial charge < -0.3 is 4.90 Å². The zero-order valence-electron chi connectivity index (χ0n) is 12.9. The summed E-state index contributed by atoms with van der Waals surface area (Å²) < 4.78 is 0.